The summed E-state index contributed by atoms with van der Waals surface area (Å²) in [6.07, 6.45) is 0.674. The summed E-state index contributed by atoms with van der Waals surface area (Å²) in [5, 5.41) is 1.40. The third kappa shape index (κ3) is 3.47. The van der Waals surface area contributed by atoms with Gasteiger partial charge < -0.3 is 0 Å². The Kier molecular flexibility index (Phi) is 5.33. The fourth-order valence-electron chi connectivity index (χ4n) is 2.23. The van der Waals surface area contributed by atoms with Gasteiger partial charge >= 0.3 is 0 Å². The molecule has 0 unspecified atom stereocenters. The Bertz CT molecular complexity index is 563. The molecule has 0 atom stereocenters. The van der Waals surface area contributed by atoms with Crippen molar-refractivity contribution < 1.29 is 8.78 Å². The van der Waals surface area contributed by atoms with Crippen molar-refractivity contribution in [2.45, 2.75) is 11.8 Å². The Morgan fingerprint density at radius 3 is 2.05 bits per heavy atom. The zero-order valence-electron chi connectivity index (χ0n) is 10.8. The van der Waals surface area contributed by atoms with Crippen LogP contribution in [-0.2, 0) is 11.8 Å². The molecule has 0 spiro atoms. The molecule has 0 radical (unpaired) electrons. The molecule has 2 aromatic carbocycles. The quantitative estimate of drug-likeness (QED) is 0.599. The van der Waals surface area contributed by atoms with Crippen molar-refractivity contribution in [3.63, 3.8) is 0 Å². The lowest BCUT2D eigenvalue weighted by molar-refractivity contribution is 0.544. The molecule has 2 aromatic rings. The van der Waals surface area contributed by atoms with Crippen LogP contribution >= 0.6 is 31.9 Å². The van der Waals surface area contributed by atoms with Gasteiger partial charge in [-0.05, 0) is 41.8 Å². The van der Waals surface area contributed by atoms with E-state index in [1.54, 1.807) is 24.3 Å². The lowest BCUT2D eigenvalue weighted by Gasteiger charge is -2.31. The largest absolute Gasteiger partial charge is 0.207 e. The van der Waals surface area contributed by atoms with Crippen LogP contribution in [0.5, 0.6) is 0 Å². The van der Waals surface area contributed by atoms with Gasteiger partial charge in [0.25, 0.3) is 0 Å². The Morgan fingerprint density at radius 1 is 0.850 bits per heavy atom. The van der Waals surface area contributed by atoms with Crippen LogP contribution in [0, 0.1) is 11.6 Å². The minimum atomic E-state index is -0.252. The van der Waals surface area contributed by atoms with Crippen molar-refractivity contribution in [3.05, 3.63) is 71.3 Å². The van der Waals surface area contributed by atoms with Crippen molar-refractivity contribution in [2.24, 2.45) is 0 Å². The molecule has 0 saturated heterocycles. The third-order valence-electron chi connectivity index (χ3n) is 3.40. The highest BCUT2D eigenvalue weighted by atomic mass is 79.9. The SMILES string of the molecule is Fc1ccc(C(CBr)(CBr)Cc2cccc(F)c2)cc1. The molecule has 0 bridgehead atoms. The molecular formula is C16H14Br2F2. The Morgan fingerprint density at radius 2 is 1.50 bits per heavy atom. The van der Waals surface area contributed by atoms with Crippen LogP contribution in [-0.4, -0.2) is 10.7 Å². The van der Waals surface area contributed by atoms with Gasteiger partial charge in [-0.2, -0.15) is 0 Å². The summed E-state index contributed by atoms with van der Waals surface area (Å²) in [5.41, 5.74) is 1.71. The molecule has 2 rings (SSSR count). The molecule has 0 aromatic heterocycles. The second-order valence-corrected chi connectivity index (χ2v) is 5.98. The monoisotopic (exact) mass is 402 g/mol. The van der Waals surface area contributed by atoms with Gasteiger partial charge in [0, 0.05) is 16.1 Å². The van der Waals surface area contributed by atoms with E-state index in [1.807, 2.05) is 6.07 Å². The highest BCUT2D eigenvalue weighted by Crippen LogP contribution is 2.33. The number of rotatable bonds is 5. The first-order valence-corrected chi connectivity index (χ1v) is 8.46. The lowest BCUT2D eigenvalue weighted by Crippen LogP contribution is -2.33. The average Bonchev–Trinajstić information content (AvgIpc) is 2.46. The van der Waals surface area contributed by atoms with E-state index in [0.717, 1.165) is 11.1 Å². The van der Waals surface area contributed by atoms with Gasteiger partial charge in [0.1, 0.15) is 11.6 Å². The normalized spacial score (nSPS) is 11.6. The van der Waals surface area contributed by atoms with Gasteiger partial charge in [-0.25, -0.2) is 8.78 Å². The van der Waals surface area contributed by atoms with Gasteiger partial charge in [0.15, 0.2) is 0 Å². The number of benzene rings is 2. The minimum Gasteiger partial charge on any atom is -0.207 e. The van der Waals surface area contributed by atoms with Gasteiger partial charge in [-0.15, -0.1) is 0 Å². The molecule has 4 heteroatoms. The summed E-state index contributed by atoms with van der Waals surface area (Å²) in [6, 6.07) is 13.1. The molecular weight excluding hydrogens is 390 g/mol. The molecule has 20 heavy (non-hydrogen) atoms. The maximum atomic E-state index is 13.3. The molecule has 0 aliphatic rings. The first kappa shape index (κ1) is 15.6. The predicted molar refractivity (Wildman–Crippen MR) is 85.8 cm³/mol. The molecule has 0 fully saturated rings. The van der Waals surface area contributed by atoms with Crippen LogP contribution in [0.4, 0.5) is 8.78 Å². The maximum Gasteiger partial charge on any atom is 0.123 e. The van der Waals surface area contributed by atoms with E-state index in [-0.39, 0.29) is 17.0 Å². The first-order chi connectivity index (χ1) is 9.59. The highest BCUT2D eigenvalue weighted by molar-refractivity contribution is 9.09. The Labute approximate surface area is 134 Å². The second kappa shape index (κ2) is 6.81. The maximum absolute atomic E-state index is 13.3. The molecule has 0 aliphatic heterocycles. The second-order valence-electron chi connectivity index (χ2n) is 4.86. The van der Waals surface area contributed by atoms with Gasteiger partial charge in [-0.1, -0.05) is 56.1 Å². The van der Waals surface area contributed by atoms with Crippen LogP contribution < -0.4 is 0 Å². The smallest absolute Gasteiger partial charge is 0.123 e. The van der Waals surface area contributed by atoms with E-state index in [4.69, 9.17) is 0 Å². The lowest BCUT2D eigenvalue weighted by atomic mass is 9.79. The molecule has 106 valence electrons. The number of hydrogen-bond acceptors (Lipinski definition) is 0. The van der Waals surface area contributed by atoms with Crippen LogP contribution in [0.25, 0.3) is 0 Å². The van der Waals surface area contributed by atoms with Crippen molar-refractivity contribution >= 4 is 31.9 Å². The summed E-state index contributed by atoms with van der Waals surface area (Å²) in [5.74, 6) is -0.489. The van der Waals surface area contributed by atoms with Gasteiger partial charge in [0.05, 0.1) is 0 Å². The van der Waals surface area contributed by atoms with E-state index >= 15 is 0 Å². The predicted octanol–water partition coefficient (Wildman–Crippen LogP) is 5.24. The fraction of sp³-hybridized carbons (Fsp3) is 0.250. The highest BCUT2D eigenvalue weighted by Gasteiger charge is 2.30. The standard InChI is InChI=1S/C16H14Br2F2/c17-10-16(11-18,13-4-6-14(19)7-5-13)9-12-2-1-3-15(20)8-12/h1-8H,9-11H2. The number of alkyl halides is 2. The minimum absolute atomic E-state index is 0.235. The van der Waals surface area contributed by atoms with E-state index in [9.17, 15) is 8.78 Å². The average molecular weight is 404 g/mol. The van der Waals surface area contributed by atoms with Crippen molar-refractivity contribution in [3.8, 4) is 0 Å². The zero-order valence-corrected chi connectivity index (χ0v) is 13.9. The fourth-order valence-corrected chi connectivity index (χ4v) is 4.20. The number of hydrogen-bond donors (Lipinski definition) is 0. The summed E-state index contributed by atoms with van der Waals surface area (Å²) in [4.78, 5) is 0. The topological polar surface area (TPSA) is 0 Å². The van der Waals surface area contributed by atoms with E-state index in [1.165, 1.54) is 18.2 Å². The first-order valence-electron chi connectivity index (χ1n) is 6.22. The molecule has 0 aliphatic carbocycles. The van der Waals surface area contributed by atoms with Gasteiger partial charge in [-0.3, -0.25) is 0 Å². The molecule has 0 heterocycles. The van der Waals surface area contributed by atoms with Gasteiger partial charge in [0.2, 0.25) is 0 Å². The van der Waals surface area contributed by atoms with Crippen LogP contribution in [0.1, 0.15) is 11.1 Å². The Hall–Kier alpha value is -0.740. The molecule has 0 saturated carbocycles. The summed E-state index contributed by atoms with van der Waals surface area (Å²) in [7, 11) is 0. The van der Waals surface area contributed by atoms with Crippen LogP contribution in [0.3, 0.4) is 0 Å². The number of halogens is 4. The van der Waals surface area contributed by atoms with Crippen molar-refractivity contribution in [1.82, 2.24) is 0 Å². The summed E-state index contributed by atoms with van der Waals surface area (Å²) < 4.78 is 26.4. The van der Waals surface area contributed by atoms with Crippen molar-refractivity contribution in [1.29, 1.82) is 0 Å². The van der Waals surface area contributed by atoms with Crippen molar-refractivity contribution in [2.75, 3.05) is 10.7 Å². The summed E-state index contributed by atoms with van der Waals surface area (Å²) >= 11 is 7.09. The molecule has 0 amide bonds. The Balaban J connectivity index is 2.36. The third-order valence-corrected chi connectivity index (χ3v) is 5.55. The van der Waals surface area contributed by atoms with E-state index in [2.05, 4.69) is 31.9 Å². The zero-order chi connectivity index (χ0) is 14.6. The van der Waals surface area contributed by atoms with Crippen LogP contribution in [0.2, 0.25) is 0 Å². The van der Waals surface area contributed by atoms with E-state index < -0.39 is 0 Å². The molecule has 0 N–H and O–H groups in total. The van der Waals surface area contributed by atoms with Crippen LogP contribution in [0.15, 0.2) is 48.5 Å². The molecule has 0 nitrogen and oxygen atoms in total. The van der Waals surface area contributed by atoms with E-state index in [0.29, 0.717) is 17.1 Å². The summed E-state index contributed by atoms with van der Waals surface area (Å²) in [6.45, 7) is 0.